The Balaban J connectivity index is 1.30. The highest BCUT2D eigenvalue weighted by Gasteiger charge is 2.41. The first kappa shape index (κ1) is 50.5. The number of aryl methyl sites for hydroxylation is 1. The maximum Gasteiger partial charge on any atom is 0.418 e. The molecule has 6 heterocycles. The van der Waals surface area contributed by atoms with Gasteiger partial charge in [-0.15, -0.1) is 0 Å². The lowest BCUT2D eigenvalue weighted by molar-refractivity contribution is -0.138. The summed E-state index contributed by atoms with van der Waals surface area (Å²) >= 11 is 0. The summed E-state index contributed by atoms with van der Waals surface area (Å²) in [4.78, 5) is 48.2. The van der Waals surface area contributed by atoms with Crippen molar-refractivity contribution >= 4 is 54.5 Å². The highest BCUT2D eigenvalue weighted by atomic mass is 32.2. The molecule has 69 heavy (non-hydrogen) atoms. The molecule has 1 aromatic carbocycles. The number of carbonyl (C=O) groups is 2. The number of hydrogen-bond acceptors (Lipinski definition) is 12. The van der Waals surface area contributed by atoms with Crippen molar-refractivity contribution in [3.63, 3.8) is 0 Å². The Morgan fingerprint density at radius 2 is 1.52 bits per heavy atom. The monoisotopic (exact) mass is 1010 g/mol. The summed E-state index contributed by atoms with van der Waals surface area (Å²) in [6.45, 7) is 1.33. The van der Waals surface area contributed by atoms with Crippen LogP contribution < -0.4 is 25.6 Å². The van der Waals surface area contributed by atoms with Gasteiger partial charge in [-0.05, 0) is 74.4 Å². The van der Waals surface area contributed by atoms with Gasteiger partial charge in [-0.3, -0.25) is 14.6 Å². The number of aromatic nitrogens is 4. The van der Waals surface area contributed by atoms with Gasteiger partial charge in [-0.25, -0.2) is 60.0 Å². The van der Waals surface area contributed by atoms with E-state index in [0.29, 0.717) is 6.07 Å². The van der Waals surface area contributed by atoms with E-state index in [4.69, 9.17) is 14.7 Å². The zero-order valence-electron chi connectivity index (χ0n) is 37.0. The second-order valence-corrected chi connectivity index (χ2v) is 20.8. The number of nitrogens with two attached hydrogens (primary N) is 1. The molecule has 0 spiro atoms. The molecule has 2 amide bonds. The highest BCUT2D eigenvalue weighted by Crippen LogP contribution is 2.41. The molecule has 6 N–H and O–H groups in total. The normalized spacial score (nSPS) is 19.1. The fraction of sp³-hybridized carbons (Fsp3) is 0.364. The van der Waals surface area contributed by atoms with E-state index in [1.165, 1.54) is 59.5 Å². The molecule has 25 heteroatoms. The predicted molar refractivity (Wildman–Crippen MR) is 241 cm³/mol. The standard InChI is InChI=1S/C44H45F8N11O4S2/c1-24-32(34-9-8-27(45)21-56-34)22-57-39(37(24)41(65)59-28-6-4-7-30(16-28)68(3,53)66)63-15-12-43(48,49)20-26(23-63)35-17-29(18-36(61-35)69(54,55)67)60-40(64)31-19-33(44(50,51)52)25(2)58-38(31)62-13-5-10-42(46,47)11-14-62/h4,6-9,16-19,21-22,26,53H,5,10-15,20,23H2,1-3H3,(H,59,65)(H3,54,55,67)(H,60,61,64). The van der Waals surface area contributed by atoms with Gasteiger partial charge in [0.15, 0.2) is 5.03 Å². The minimum absolute atomic E-state index is 0.0788. The van der Waals surface area contributed by atoms with Crippen molar-refractivity contribution in [2.24, 2.45) is 5.14 Å². The summed E-state index contributed by atoms with van der Waals surface area (Å²) < 4.78 is 159. The van der Waals surface area contributed by atoms with Gasteiger partial charge >= 0.3 is 6.18 Å². The summed E-state index contributed by atoms with van der Waals surface area (Å²) in [6, 6.07) is 10.7. The Hall–Kier alpha value is -6.34. The molecule has 3 atom stereocenters. The van der Waals surface area contributed by atoms with Crippen LogP contribution in [0.1, 0.15) is 81.3 Å². The molecule has 7 rings (SSSR count). The molecule has 5 aromatic rings. The average molecular weight is 1010 g/mol. The maximum absolute atomic E-state index is 15.9. The Labute approximate surface area is 391 Å². The van der Waals surface area contributed by atoms with Crippen LogP contribution in [0.5, 0.6) is 0 Å². The number of nitrogens with one attached hydrogen (secondary N) is 4. The van der Waals surface area contributed by atoms with E-state index >= 15 is 8.78 Å². The van der Waals surface area contributed by atoms with Gasteiger partial charge in [0.1, 0.15) is 27.4 Å². The van der Waals surface area contributed by atoms with E-state index in [1.807, 2.05) is 0 Å². The molecule has 0 aliphatic carbocycles. The van der Waals surface area contributed by atoms with Gasteiger partial charge in [-0.2, -0.15) is 13.2 Å². The van der Waals surface area contributed by atoms with Gasteiger partial charge in [0.05, 0.1) is 44.0 Å². The minimum atomic E-state index is -5.00. The van der Waals surface area contributed by atoms with E-state index in [0.717, 1.165) is 31.3 Å². The molecule has 2 aliphatic heterocycles. The van der Waals surface area contributed by atoms with Crippen molar-refractivity contribution in [1.29, 1.82) is 9.56 Å². The van der Waals surface area contributed by atoms with Gasteiger partial charge in [0, 0.05) is 97.8 Å². The number of benzene rings is 1. The SMILES string of the molecule is Cc1nc(N2CCCC(F)(F)CC2)c(C(=O)Nc2cc(C3CN(c4ncc(-c5ccc(F)cn5)c(C)c4C(=O)Nc4cccc(S(C)(=N)=O)c4)CCC(F)(F)C3)nc(S(=N)(N)=O)c2)cc1C(F)(F)F. The first-order chi connectivity index (χ1) is 32.1. The van der Waals surface area contributed by atoms with E-state index in [9.17, 15) is 44.3 Å². The number of hydrogen-bond donors (Lipinski definition) is 5. The van der Waals surface area contributed by atoms with Crippen molar-refractivity contribution in [1.82, 2.24) is 19.9 Å². The molecule has 2 aliphatic rings. The average Bonchev–Trinajstić information content (AvgIpc) is 3.54. The quantitative estimate of drug-likeness (QED) is 0.0834. The van der Waals surface area contributed by atoms with Gasteiger partial charge in [0.2, 0.25) is 5.92 Å². The zero-order valence-corrected chi connectivity index (χ0v) is 38.7. The van der Waals surface area contributed by atoms with Crippen molar-refractivity contribution in [3.05, 3.63) is 106 Å². The Bertz CT molecular complexity index is 3050. The van der Waals surface area contributed by atoms with Crippen LogP contribution in [0.4, 0.5) is 58.1 Å². The number of pyridine rings is 4. The van der Waals surface area contributed by atoms with Crippen molar-refractivity contribution in [2.75, 3.05) is 52.9 Å². The molecular formula is C44H45F8N11O4S2. The van der Waals surface area contributed by atoms with Crippen LogP contribution in [0, 0.1) is 29.2 Å². The van der Waals surface area contributed by atoms with Crippen molar-refractivity contribution < 1.29 is 53.1 Å². The van der Waals surface area contributed by atoms with Crippen LogP contribution in [0.3, 0.4) is 0 Å². The Kier molecular flexibility index (Phi) is 13.8. The third-order valence-electron chi connectivity index (χ3n) is 11.7. The lowest BCUT2D eigenvalue weighted by Crippen LogP contribution is -2.32. The largest absolute Gasteiger partial charge is 0.418 e. The van der Waals surface area contributed by atoms with Crippen LogP contribution in [0.15, 0.2) is 76.9 Å². The number of nitrogens with zero attached hydrogens (tertiary/aromatic N) is 6. The summed E-state index contributed by atoms with van der Waals surface area (Å²) in [7, 11) is -7.52. The topological polar surface area (TPSA) is 224 Å². The molecule has 2 saturated heterocycles. The Morgan fingerprint density at radius 3 is 2.19 bits per heavy atom. The van der Waals surface area contributed by atoms with E-state index in [2.05, 4.69) is 30.6 Å². The molecule has 3 unspecified atom stereocenters. The lowest BCUT2D eigenvalue weighted by Gasteiger charge is -2.28. The van der Waals surface area contributed by atoms with Gasteiger partial charge < -0.3 is 20.4 Å². The molecule has 368 valence electrons. The number of halogens is 8. The lowest BCUT2D eigenvalue weighted by atomic mass is 9.96. The highest BCUT2D eigenvalue weighted by molar-refractivity contribution is 7.91. The number of anilines is 4. The van der Waals surface area contributed by atoms with Crippen molar-refractivity contribution in [2.45, 2.75) is 79.8 Å². The molecule has 0 saturated carbocycles. The molecular weight excluding hydrogens is 963 g/mol. The first-order valence-corrected chi connectivity index (χ1v) is 24.7. The number of amides is 2. The van der Waals surface area contributed by atoms with Crippen LogP contribution in [-0.2, 0) is 25.8 Å². The van der Waals surface area contributed by atoms with E-state index in [-0.39, 0.29) is 75.5 Å². The third kappa shape index (κ3) is 11.8. The number of rotatable bonds is 10. The van der Waals surface area contributed by atoms with Crippen LogP contribution in [0.25, 0.3) is 11.3 Å². The van der Waals surface area contributed by atoms with Gasteiger partial charge in [-0.1, -0.05) is 6.07 Å². The molecule has 2 fully saturated rings. The first-order valence-electron chi connectivity index (χ1n) is 21.1. The van der Waals surface area contributed by atoms with Crippen LogP contribution in [-0.4, -0.2) is 84.4 Å². The smallest absolute Gasteiger partial charge is 0.356 e. The summed E-state index contributed by atoms with van der Waals surface area (Å²) in [5, 5.41) is 10.1. The summed E-state index contributed by atoms with van der Waals surface area (Å²) in [6.07, 6.45) is -4.55. The molecule has 15 nitrogen and oxygen atoms in total. The van der Waals surface area contributed by atoms with Crippen LogP contribution in [0.2, 0.25) is 0 Å². The zero-order chi connectivity index (χ0) is 50.4. The molecule has 0 radical (unpaired) electrons. The van der Waals surface area contributed by atoms with Gasteiger partial charge in [0.25, 0.3) is 17.7 Å². The summed E-state index contributed by atoms with van der Waals surface area (Å²) in [5.41, 5.74) is -2.48. The van der Waals surface area contributed by atoms with Crippen LogP contribution >= 0.6 is 0 Å². The number of alkyl halides is 7. The van der Waals surface area contributed by atoms with E-state index in [1.54, 1.807) is 0 Å². The Morgan fingerprint density at radius 1 is 0.826 bits per heavy atom. The third-order valence-corrected chi connectivity index (χ3v) is 13.7. The molecule has 4 aromatic heterocycles. The maximum atomic E-state index is 15.9. The second-order valence-electron chi connectivity index (χ2n) is 17.0. The fourth-order valence-corrected chi connectivity index (χ4v) is 9.44. The number of carbonyl (C=O) groups excluding carboxylic acids is 2. The van der Waals surface area contributed by atoms with Crippen molar-refractivity contribution in [3.8, 4) is 11.3 Å². The summed E-state index contributed by atoms with van der Waals surface area (Å²) in [5.74, 6) is -11.1. The second kappa shape index (κ2) is 18.9. The molecule has 0 bridgehead atoms. The minimum Gasteiger partial charge on any atom is -0.356 e. The predicted octanol–water partition coefficient (Wildman–Crippen LogP) is 9.17. The fourth-order valence-electron chi connectivity index (χ4n) is 8.20. The van der Waals surface area contributed by atoms with E-state index < -0.39 is 122 Å².